The summed E-state index contributed by atoms with van der Waals surface area (Å²) in [6.07, 6.45) is 2.64. The van der Waals surface area contributed by atoms with Crippen molar-refractivity contribution in [1.29, 1.82) is 0 Å². The van der Waals surface area contributed by atoms with E-state index < -0.39 is 6.10 Å². The second-order valence-electron chi connectivity index (χ2n) is 6.23. The van der Waals surface area contributed by atoms with Crippen molar-refractivity contribution in [1.82, 2.24) is 4.90 Å². The van der Waals surface area contributed by atoms with Gasteiger partial charge < -0.3 is 19.5 Å². The van der Waals surface area contributed by atoms with Crippen LogP contribution in [0, 0.1) is 12.7 Å². The number of rotatable bonds is 8. The van der Waals surface area contributed by atoms with Crippen molar-refractivity contribution in [3.8, 4) is 0 Å². The van der Waals surface area contributed by atoms with Crippen LogP contribution in [-0.2, 0) is 9.47 Å². The number of aliphatic hydroxyl groups is 1. The highest BCUT2D eigenvalue weighted by Crippen LogP contribution is 2.22. The van der Waals surface area contributed by atoms with Crippen LogP contribution in [0.1, 0.15) is 36.5 Å². The predicted octanol–water partition coefficient (Wildman–Crippen LogP) is 2.69. The number of benzene rings is 1. The number of piperidine rings is 1. The third-order valence-corrected chi connectivity index (χ3v) is 4.40. The average Bonchev–Trinajstić information content (AvgIpc) is 2.53. The second kappa shape index (κ2) is 9.33. The minimum atomic E-state index is -0.574. The largest absolute Gasteiger partial charge is 0.387 e. The van der Waals surface area contributed by atoms with Crippen LogP contribution in [-0.4, -0.2) is 56.1 Å². The van der Waals surface area contributed by atoms with Gasteiger partial charge in [-0.25, -0.2) is 4.39 Å². The Hall–Kier alpha value is -1.01. The molecule has 1 unspecified atom stereocenters. The first-order chi connectivity index (χ1) is 11.1. The molecular formula is C18H28FNO3. The molecule has 1 aromatic carbocycles. The molecule has 2 rings (SSSR count). The molecular weight excluding hydrogens is 297 g/mol. The first-order valence-corrected chi connectivity index (χ1v) is 8.37. The summed E-state index contributed by atoms with van der Waals surface area (Å²) in [6.45, 7) is 5.75. The van der Waals surface area contributed by atoms with Crippen LogP contribution in [0.4, 0.5) is 4.39 Å². The fraction of sp³-hybridized carbons (Fsp3) is 0.667. The lowest BCUT2D eigenvalue weighted by Crippen LogP contribution is -2.39. The molecule has 0 aromatic heterocycles. The van der Waals surface area contributed by atoms with Crippen LogP contribution >= 0.6 is 0 Å². The van der Waals surface area contributed by atoms with E-state index >= 15 is 0 Å². The molecule has 0 bridgehead atoms. The van der Waals surface area contributed by atoms with Gasteiger partial charge in [0.25, 0.3) is 0 Å². The maximum Gasteiger partial charge on any atom is 0.123 e. The van der Waals surface area contributed by atoms with Gasteiger partial charge in [-0.15, -0.1) is 0 Å². The summed E-state index contributed by atoms with van der Waals surface area (Å²) in [6, 6.07) is 4.56. The molecule has 0 spiro atoms. The molecule has 23 heavy (non-hydrogen) atoms. The highest BCUT2D eigenvalue weighted by Gasteiger charge is 2.22. The van der Waals surface area contributed by atoms with E-state index in [1.54, 1.807) is 13.2 Å². The Morgan fingerprint density at radius 2 is 2.04 bits per heavy atom. The fourth-order valence-corrected chi connectivity index (χ4v) is 3.07. The van der Waals surface area contributed by atoms with Gasteiger partial charge in [0, 0.05) is 40.0 Å². The number of aryl methyl sites for hydroxylation is 1. The summed E-state index contributed by atoms with van der Waals surface area (Å²) in [5, 5.41) is 10.4. The van der Waals surface area contributed by atoms with Crippen LogP contribution in [0.5, 0.6) is 0 Å². The molecule has 1 aromatic rings. The monoisotopic (exact) mass is 325 g/mol. The van der Waals surface area contributed by atoms with Gasteiger partial charge >= 0.3 is 0 Å². The van der Waals surface area contributed by atoms with Crippen molar-refractivity contribution in [2.45, 2.75) is 38.4 Å². The Bertz CT molecular complexity index is 475. The zero-order chi connectivity index (χ0) is 16.7. The molecule has 130 valence electrons. The fourth-order valence-electron chi connectivity index (χ4n) is 3.07. The standard InChI is InChI=1S/C18H28FNO3/c1-14-12-15(19)4-5-17(14)18(21)13-20-8-6-16(7-9-20)23-11-3-10-22-2/h4-5,12,16,18,21H,3,6-11,13H2,1-2H3. The molecule has 4 nitrogen and oxygen atoms in total. The van der Waals surface area contributed by atoms with E-state index in [4.69, 9.17) is 9.47 Å². The van der Waals surface area contributed by atoms with Crippen LogP contribution in [0.15, 0.2) is 18.2 Å². The summed E-state index contributed by atoms with van der Waals surface area (Å²) in [7, 11) is 1.70. The van der Waals surface area contributed by atoms with E-state index in [0.717, 1.165) is 56.7 Å². The third kappa shape index (κ3) is 5.84. The topological polar surface area (TPSA) is 41.9 Å². The third-order valence-electron chi connectivity index (χ3n) is 4.40. The Balaban J connectivity index is 1.73. The van der Waals surface area contributed by atoms with Crippen LogP contribution < -0.4 is 0 Å². The summed E-state index contributed by atoms with van der Waals surface area (Å²) in [5.41, 5.74) is 1.61. The SMILES string of the molecule is COCCCOC1CCN(CC(O)c2ccc(F)cc2C)CC1. The first-order valence-electron chi connectivity index (χ1n) is 8.37. The van der Waals surface area contributed by atoms with E-state index in [2.05, 4.69) is 4.90 Å². The number of likely N-dealkylation sites (tertiary alicyclic amines) is 1. The molecule has 1 saturated heterocycles. The van der Waals surface area contributed by atoms with Gasteiger partial charge in [-0.3, -0.25) is 0 Å². The number of β-amino-alcohol motifs (C(OH)–C–C–N with tert-alkyl or cyclic N) is 1. The highest BCUT2D eigenvalue weighted by atomic mass is 19.1. The zero-order valence-corrected chi connectivity index (χ0v) is 14.1. The van der Waals surface area contributed by atoms with Crippen LogP contribution in [0.2, 0.25) is 0 Å². The Labute approximate surface area is 138 Å². The molecule has 1 heterocycles. The minimum Gasteiger partial charge on any atom is -0.387 e. The number of nitrogens with zero attached hydrogens (tertiary/aromatic N) is 1. The first kappa shape index (κ1) is 18.3. The van der Waals surface area contributed by atoms with Gasteiger partial charge in [0.1, 0.15) is 5.82 Å². The number of hydrogen-bond donors (Lipinski definition) is 1. The zero-order valence-electron chi connectivity index (χ0n) is 14.1. The Kier molecular flexibility index (Phi) is 7.43. The van der Waals surface area contributed by atoms with Gasteiger partial charge in [-0.2, -0.15) is 0 Å². The Morgan fingerprint density at radius 3 is 2.70 bits per heavy atom. The van der Waals surface area contributed by atoms with Crippen molar-refractivity contribution >= 4 is 0 Å². The van der Waals surface area contributed by atoms with Crippen LogP contribution in [0.3, 0.4) is 0 Å². The molecule has 0 radical (unpaired) electrons. The van der Waals surface area contributed by atoms with Gasteiger partial charge in [0.05, 0.1) is 12.2 Å². The van der Waals surface area contributed by atoms with Gasteiger partial charge in [0.2, 0.25) is 0 Å². The molecule has 0 saturated carbocycles. The summed E-state index contributed by atoms with van der Waals surface area (Å²) in [4.78, 5) is 2.25. The molecule has 1 aliphatic heterocycles. The van der Waals surface area contributed by atoms with Crippen molar-refractivity contribution in [3.63, 3.8) is 0 Å². The number of ether oxygens (including phenoxy) is 2. The average molecular weight is 325 g/mol. The van der Waals surface area contributed by atoms with Crippen molar-refractivity contribution in [2.75, 3.05) is 40.0 Å². The molecule has 5 heteroatoms. The predicted molar refractivity (Wildman–Crippen MR) is 88.0 cm³/mol. The number of methoxy groups -OCH3 is 1. The lowest BCUT2D eigenvalue weighted by Gasteiger charge is -2.33. The van der Waals surface area contributed by atoms with Crippen molar-refractivity contribution < 1.29 is 19.0 Å². The van der Waals surface area contributed by atoms with E-state index in [-0.39, 0.29) is 5.82 Å². The van der Waals surface area contributed by atoms with Crippen molar-refractivity contribution in [2.24, 2.45) is 0 Å². The lowest BCUT2D eigenvalue weighted by molar-refractivity contribution is -0.00828. The lowest BCUT2D eigenvalue weighted by atomic mass is 10.0. The normalized spacial score (nSPS) is 18.3. The van der Waals surface area contributed by atoms with Crippen LogP contribution in [0.25, 0.3) is 0 Å². The second-order valence-corrected chi connectivity index (χ2v) is 6.23. The molecule has 0 amide bonds. The quantitative estimate of drug-likeness (QED) is 0.746. The van der Waals surface area contributed by atoms with Gasteiger partial charge in [-0.1, -0.05) is 6.07 Å². The summed E-state index contributed by atoms with van der Waals surface area (Å²) >= 11 is 0. The highest BCUT2D eigenvalue weighted by molar-refractivity contribution is 5.28. The maximum atomic E-state index is 13.1. The van der Waals surface area contributed by atoms with Gasteiger partial charge in [0.15, 0.2) is 0 Å². The van der Waals surface area contributed by atoms with E-state index in [1.807, 2.05) is 6.92 Å². The Morgan fingerprint density at radius 1 is 1.30 bits per heavy atom. The molecule has 1 atom stereocenters. The summed E-state index contributed by atoms with van der Waals surface area (Å²) in [5.74, 6) is -0.259. The molecule has 1 fully saturated rings. The van der Waals surface area contributed by atoms with E-state index in [0.29, 0.717) is 12.6 Å². The van der Waals surface area contributed by atoms with Gasteiger partial charge in [-0.05, 0) is 49.4 Å². The minimum absolute atomic E-state index is 0.259. The smallest absolute Gasteiger partial charge is 0.123 e. The molecule has 1 N–H and O–H groups in total. The van der Waals surface area contributed by atoms with E-state index in [1.165, 1.54) is 12.1 Å². The number of hydrogen-bond acceptors (Lipinski definition) is 4. The number of halogens is 1. The molecule has 1 aliphatic rings. The van der Waals surface area contributed by atoms with Crippen molar-refractivity contribution in [3.05, 3.63) is 35.1 Å². The molecule has 0 aliphatic carbocycles. The summed E-state index contributed by atoms with van der Waals surface area (Å²) < 4.78 is 24.0. The number of aliphatic hydroxyl groups excluding tert-OH is 1. The van der Waals surface area contributed by atoms with E-state index in [9.17, 15) is 9.50 Å². The maximum absolute atomic E-state index is 13.1.